The highest BCUT2D eigenvalue weighted by Gasteiger charge is 2.17. The summed E-state index contributed by atoms with van der Waals surface area (Å²) in [5.41, 5.74) is 0.620. The lowest BCUT2D eigenvalue weighted by Gasteiger charge is -2.05. The minimum Gasteiger partial charge on any atom is -0.390 e. The predicted octanol–water partition coefficient (Wildman–Crippen LogP) is 2.20. The number of aryl methyl sites for hydroxylation is 1. The Labute approximate surface area is 132 Å². The van der Waals surface area contributed by atoms with Crippen molar-refractivity contribution >= 4 is 21.8 Å². The second-order valence-electron chi connectivity index (χ2n) is 4.92. The van der Waals surface area contributed by atoms with Crippen molar-refractivity contribution in [2.45, 2.75) is 50.7 Å². The van der Waals surface area contributed by atoms with Crippen LogP contribution >= 0.6 is 11.8 Å². The molecular weight excluding hydrogens is 308 g/mol. The van der Waals surface area contributed by atoms with Crippen molar-refractivity contribution < 1.29 is 13.5 Å². The van der Waals surface area contributed by atoms with E-state index in [4.69, 9.17) is 0 Å². The predicted molar refractivity (Wildman–Crippen MR) is 88.1 cm³/mol. The first-order valence-electron chi connectivity index (χ1n) is 7.33. The third-order valence-electron chi connectivity index (χ3n) is 3.34. The Balaban J connectivity index is 2.44. The molecule has 0 atom stereocenters. The number of aromatic nitrogens is 1. The molecule has 0 aliphatic rings. The van der Waals surface area contributed by atoms with Crippen LogP contribution in [0, 0.1) is 0 Å². The van der Waals surface area contributed by atoms with Crippen LogP contribution in [0.2, 0.25) is 0 Å². The van der Waals surface area contributed by atoms with E-state index in [1.807, 2.05) is 18.7 Å². The molecule has 0 saturated heterocycles. The molecule has 21 heavy (non-hydrogen) atoms. The van der Waals surface area contributed by atoms with Crippen LogP contribution in [0.1, 0.15) is 38.3 Å². The molecule has 1 heterocycles. The maximum Gasteiger partial charge on any atom is 0.242 e. The average Bonchev–Trinajstić information content (AvgIpc) is 2.90. The summed E-state index contributed by atoms with van der Waals surface area (Å²) in [4.78, 5) is 0.232. The third kappa shape index (κ3) is 6.02. The quantitative estimate of drug-likeness (QED) is 0.609. The number of rotatable bonds is 11. The van der Waals surface area contributed by atoms with Gasteiger partial charge >= 0.3 is 0 Å². The van der Waals surface area contributed by atoms with Gasteiger partial charge in [0.1, 0.15) is 0 Å². The third-order valence-corrected chi connectivity index (χ3v) is 5.47. The van der Waals surface area contributed by atoms with E-state index in [1.165, 1.54) is 18.2 Å². The number of nitrogens with one attached hydrogen (secondary N) is 1. The summed E-state index contributed by atoms with van der Waals surface area (Å²) < 4.78 is 28.7. The molecular formula is C14H26N2O3S2. The fourth-order valence-electron chi connectivity index (χ4n) is 2.11. The Morgan fingerprint density at radius 1 is 1.29 bits per heavy atom. The number of unbranched alkanes of at least 4 members (excludes halogenated alkanes) is 3. The van der Waals surface area contributed by atoms with Gasteiger partial charge in [-0.25, -0.2) is 13.1 Å². The van der Waals surface area contributed by atoms with Crippen molar-refractivity contribution in [1.29, 1.82) is 0 Å². The lowest BCUT2D eigenvalue weighted by molar-refractivity contribution is 0.271. The van der Waals surface area contributed by atoms with E-state index in [2.05, 4.69) is 11.0 Å². The summed E-state index contributed by atoms with van der Waals surface area (Å²) >= 11 is 1.84. The minimum absolute atomic E-state index is 0.154. The van der Waals surface area contributed by atoms with E-state index in [1.54, 1.807) is 10.8 Å². The number of thioether (sulfide) groups is 1. The Morgan fingerprint density at radius 3 is 2.57 bits per heavy atom. The molecule has 0 saturated carbocycles. The molecule has 0 aromatic carbocycles. The van der Waals surface area contributed by atoms with Gasteiger partial charge in [0, 0.05) is 25.0 Å². The number of aliphatic hydroxyl groups is 1. The highest BCUT2D eigenvalue weighted by molar-refractivity contribution is 7.98. The SMILES string of the molecule is CCn1cc(S(=O)(=O)NCCCCCCSC)cc1CO. The maximum atomic E-state index is 12.2. The van der Waals surface area contributed by atoms with Crippen LogP contribution in [0.4, 0.5) is 0 Å². The van der Waals surface area contributed by atoms with Gasteiger partial charge in [-0.05, 0) is 37.8 Å². The van der Waals surface area contributed by atoms with Crippen molar-refractivity contribution in [2.24, 2.45) is 0 Å². The normalized spacial score (nSPS) is 12.0. The van der Waals surface area contributed by atoms with E-state index in [-0.39, 0.29) is 11.5 Å². The zero-order chi connectivity index (χ0) is 15.7. The van der Waals surface area contributed by atoms with Crippen molar-refractivity contribution in [3.63, 3.8) is 0 Å². The number of hydrogen-bond acceptors (Lipinski definition) is 4. The van der Waals surface area contributed by atoms with Gasteiger partial charge in [0.05, 0.1) is 11.5 Å². The van der Waals surface area contributed by atoms with Crippen molar-refractivity contribution in [3.05, 3.63) is 18.0 Å². The second kappa shape index (κ2) is 9.50. The number of aliphatic hydroxyl groups excluding tert-OH is 1. The Morgan fingerprint density at radius 2 is 2.00 bits per heavy atom. The van der Waals surface area contributed by atoms with Gasteiger partial charge in [0.25, 0.3) is 0 Å². The Kier molecular flexibility index (Phi) is 8.39. The molecule has 0 aliphatic heterocycles. The summed E-state index contributed by atoms with van der Waals surface area (Å²) in [5, 5.41) is 9.21. The lowest BCUT2D eigenvalue weighted by Crippen LogP contribution is -2.24. The van der Waals surface area contributed by atoms with Gasteiger partial charge in [-0.15, -0.1) is 0 Å². The molecule has 5 nitrogen and oxygen atoms in total. The monoisotopic (exact) mass is 334 g/mol. The highest BCUT2D eigenvalue weighted by Crippen LogP contribution is 2.14. The van der Waals surface area contributed by atoms with E-state index in [9.17, 15) is 13.5 Å². The van der Waals surface area contributed by atoms with Crippen LogP contribution in [0.15, 0.2) is 17.2 Å². The summed E-state index contributed by atoms with van der Waals surface area (Å²) in [5.74, 6) is 1.17. The first kappa shape index (κ1) is 18.5. The van der Waals surface area contributed by atoms with Gasteiger partial charge in [0.2, 0.25) is 10.0 Å². The Bertz CT molecular complexity index is 491. The molecule has 0 bridgehead atoms. The molecule has 122 valence electrons. The first-order chi connectivity index (χ1) is 10.0. The molecule has 7 heteroatoms. The smallest absolute Gasteiger partial charge is 0.242 e. The van der Waals surface area contributed by atoms with E-state index in [0.717, 1.165) is 19.3 Å². The minimum atomic E-state index is -3.47. The first-order valence-corrected chi connectivity index (χ1v) is 10.2. The van der Waals surface area contributed by atoms with Gasteiger partial charge in [-0.3, -0.25) is 0 Å². The molecule has 0 unspecified atom stereocenters. The van der Waals surface area contributed by atoms with Crippen molar-refractivity contribution in [2.75, 3.05) is 18.6 Å². The number of nitrogens with zero attached hydrogens (tertiary/aromatic N) is 1. The van der Waals surface area contributed by atoms with E-state index in [0.29, 0.717) is 18.8 Å². The van der Waals surface area contributed by atoms with Crippen LogP contribution in [0.25, 0.3) is 0 Å². The highest BCUT2D eigenvalue weighted by atomic mass is 32.2. The molecule has 0 fully saturated rings. The van der Waals surface area contributed by atoms with Crippen molar-refractivity contribution in [1.82, 2.24) is 9.29 Å². The fraction of sp³-hybridized carbons (Fsp3) is 0.714. The zero-order valence-corrected chi connectivity index (χ0v) is 14.5. The van der Waals surface area contributed by atoms with E-state index < -0.39 is 10.0 Å². The largest absolute Gasteiger partial charge is 0.390 e. The summed E-state index contributed by atoms with van der Waals surface area (Å²) in [6.45, 7) is 2.87. The lowest BCUT2D eigenvalue weighted by atomic mass is 10.2. The molecule has 1 aromatic heterocycles. The summed E-state index contributed by atoms with van der Waals surface area (Å²) in [7, 11) is -3.47. The van der Waals surface area contributed by atoms with Gasteiger partial charge < -0.3 is 9.67 Å². The standard InChI is InChI=1S/C14H26N2O3S2/c1-3-16-11-14(10-13(16)12-17)21(18,19)15-8-6-4-5-7-9-20-2/h10-11,15,17H,3-9,12H2,1-2H3. The number of sulfonamides is 1. The van der Waals surface area contributed by atoms with Crippen LogP contribution in [-0.4, -0.2) is 36.6 Å². The molecule has 0 aliphatic carbocycles. The van der Waals surface area contributed by atoms with E-state index >= 15 is 0 Å². The molecule has 1 aromatic rings. The Hall–Kier alpha value is -0.500. The van der Waals surface area contributed by atoms with Crippen LogP contribution < -0.4 is 4.72 Å². The topological polar surface area (TPSA) is 71.3 Å². The van der Waals surface area contributed by atoms with Crippen LogP contribution in [0.3, 0.4) is 0 Å². The van der Waals surface area contributed by atoms with Gasteiger partial charge in [-0.1, -0.05) is 12.8 Å². The molecule has 0 radical (unpaired) electrons. The average molecular weight is 335 g/mol. The zero-order valence-electron chi connectivity index (χ0n) is 12.8. The molecule has 2 N–H and O–H groups in total. The number of hydrogen-bond donors (Lipinski definition) is 2. The van der Waals surface area contributed by atoms with Crippen LogP contribution in [0.5, 0.6) is 0 Å². The van der Waals surface area contributed by atoms with Crippen LogP contribution in [-0.2, 0) is 23.2 Å². The maximum absolute atomic E-state index is 12.2. The molecule has 0 amide bonds. The van der Waals surface area contributed by atoms with Gasteiger partial charge in [-0.2, -0.15) is 11.8 Å². The summed E-state index contributed by atoms with van der Waals surface area (Å²) in [6.07, 6.45) is 7.90. The fourth-order valence-corrected chi connectivity index (χ4v) is 3.74. The summed E-state index contributed by atoms with van der Waals surface area (Å²) in [6, 6.07) is 1.53. The second-order valence-corrected chi connectivity index (χ2v) is 7.67. The van der Waals surface area contributed by atoms with Gasteiger partial charge in [0.15, 0.2) is 0 Å². The molecule has 1 rings (SSSR count). The molecule has 0 spiro atoms. The van der Waals surface area contributed by atoms with Crippen molar-refractivity contribution in [3.8, 4) is 0 Å².